The van der Waals surface area contributed by atoms with Gasteiger partial charge in [0.05, 0.1) is 5.41 Å². The molecule has 1 aliphatic heterocycles. The third-order valence-corrected chi connectivity index (χ3v) is 4.88. The number of carbonyl (C=O) groups is 1. The van der Waals surface area contributed by atoms with Crippen LogP contribution in [0.2, 0.25) is 0 Å². The summed E-state index contributed by atoms with van der Waals surface area (Å²) < 4.78 is 5.35. The minimum atomic E-state index is -0.392. The van der Waals surface area contributed by atoms with E-state index in [1.807, 2.05) is 0 Å². The average Bonchev–Trinajstić information content (AvgIpc) is 2.69. The molecule has 0 aromatic rings. The highest BCUT2D eigenvalue weighted by Crippen LogP contribution is 2.38. The van der Waals surface area contributed by atoms with Crippen molar-refractivity contribution in [1.29, 1.82) is 0 Å². The van der Waals surface area contributed by atoms with Crippen LogP contribution in [0.4, 0.5) is 0 Å². The van der Waals surface area contributed by atoms with Gasteiger partial charge in [0.25, 0.3) is 0 Å². The summed E-state index contributed by atoms with van der Waals surface area (Å²) in [5, 5.41) is 3.26. The molecule has 4 heteroatoms. The Morgan fingerprint density at radius 2 is 2.00 bits per heavy atom. The highest BCUT2D eigenvalue weighted by molar-refractivity contribution is 5.83. The molecule has 2 fully saturated rings. The predicted molar refractivity (Wildman–Crippen MR) is 71.1 cm³/mol. The summed E-state index contributed by atoms with van der Waals surface area (Å²) in [7, 11) is 0. The fourth-order valence-corrected chi connectivity index (χ4v) is 3.19. The topological polar surface area (TPSA) is 64.4 Å². The summed E-state index contributed by atoms with van der Waals surface area (Å²) in [5.74, 6) is 0.147. The number of ether oxygens (including phenoxy) is 1. The Kier molecular flexibility index (Phi) is 3.97. The molecule has 1 saturated carbocycles. The maximum atomic E-state index is 12.5. The monoisotopic (exact) mass is 254 g/mol. The number of amides is 1. The van der Waals surface area contributed by atoms with Gasteiger partial charge in [0.2, 0.25) is 5.91 Å². The van der Waals surface area contributed by atoms with Crippen LogP contribution < -0.4 is 11.1 Å². The second-order valence-electron chi connectivity index (χ2n) is 6.50. The van der Waals surface area contributed by atoms with Gasteiger partial charge in [-0.15, -0.1) is 0 Å². The second kappa shape index (κ2) is 5.17. The summed E-state index contributed by atoms with van der Waals surface area (Å²) in [6.45, 7) is 6.21. The lowest BCUT2D eigenvalue weighted by molar-refractivity contribution is -0.137. The standard InChI is InChI=1S/C14H26N2O2/c1-13(2)5-3-4-11(13)16-12(17)14(10-15)6-8-18-9-7-14/h11H,3-10,15H2,1-2H3,(H,16,17). The molecular formula is C14H26N2O2. The van der Waals surface area contributed by atoms with E-state index >= 15 is 0 Å². The first kappa shape index (κ1) is 13.8. The number of rotatable bonds is 3. The first-order valence-electron chi connectivity index (χ1n) is 7.09. The lowest BCUT2D eigenvalue weighted by atomic mass is 9.78. The molecule has 0 radical (unpaired) electrons. The van der Waals surface area contributed by atoms with E-state index in [-0.39, 0.29) is 11.3 Å². The van der Waals surface area contributed by atoms with Gasteiger partial charge >= 0.3 is 0 Å². The van der Waals surface area contributed by atoms with Crippen LogP contribution in [-0.2, 0) is 9.53 Å². The number of hydrogen-bond donors (Lipinski definition) is 2. The normalized spacial score (nSPS) is 30.1. The number of carbonyl (C=O) groups excluding carboxylic acids is 1. The van der Waals surface area contributed by atoms with Crippen LogP contribution >= 0.6 is 0 Å². The van der Waals surface area contributed by atoms with Crippen molar-refractivity contribution in [2.75, 3.05) is 19.8 Å². The number of nitrogens with one attached hydrogen (secondary N) is 1. The van der Waals surface area contributed by atoms with Crippen LogP contribution in [0.1, 0.15) is 46.0 Å². The van der Waals surface area contributed by atoms with Crippen molar-refractivity contribution in [1.82, 2.24) is 5.32 Å². The molecule has 18 heavy (non-hydrogen) atoms. The summed E-state index contributed by atoms with van der Waals surface area (Å²) in [5.41, 5.74) is 5.69. The van der Waals surface area contributed by atoms with Crippen LogP contribution in [0.5, 0.6) is 0 Å². The lowest BCUT2D eigenvalue weighted by Crippen LogP contribution is -2.53. The fraction of sp³-hybridized carbons (Fsp3) is 0.929. The van der Waals surface area contributed by atoms with Gasteiger partial charge in [-0.3, -0.25) is 4.79 Å². The van der Waals surface area contributed by atoms with Crippen LogP contribution in [0, 0.1) is 10.8 Å². The highest BCUT2D eigenvalue weighted by Gasteiger charge is 2.42. The smallest absolute Gasteiger partial charge is 0.227 e. The largest absolute Gasteiger partial charge is 0.381 e. The van der Waals surface area contributed by atoms with Gasteiger partial charge in [0, 0.05) is 25.8 Å². The van der Waals surface area contributed by atoms with E-state index in [1.54, 1.807) is 0 Å². The van der Waals surface area contributed by atoms with E-state index in [9.17, 15) is 4.79 Å². The van der Waals surface area contributed by atoms with Gasteiger partial charge in [-0.2, -0.15) is 0 Å². The van der Waals surface area contributed by atoms with E-state index < -0.39 is 5.41 Å². The van der Waals surface area contributed by atoms with Gasteiger partial charge in [0.15, 0.2) is 0 Å². The minimum absolute atomic E-state index is 0.147. The molecule has 1 saturated heterocycles. The van der Waals surface area contributed by atoms with E-state index in [0.29, 0.717) is 25.8 Å². The Balaban J connectivity index is 2.01. The molecule has 1 aliphatic carbocycles. The summed E-state index contributed by atoms with van der Waals surface area (Å²) in [6, 6.07) is 0.302. The van der Waals surface area contributed by atoms with E-state index in [2.05, 4.69) is 19.2 Å². The van der Waals surface area contributed by atoms with Gasteiger partial charge in [-0.05, 0) is 31.1 Å². The molecule has 3 N–H and O–H groups in total. The Morgan fingerprint density at radius 1 is 1.33 bits per heavy atom. The van der Waals surface area contributed by atoms with Gasteiger partial charge in [-0.25, -0.2) is 0 Å². The molecule has 1 heterocycles. The highest BCUT2D eigenvalue weighted by atomic mass is 16.5. The Hall–Kier alpha value is -0.610. The molecule has 0 spiro atoms. The molecule has 0 aromatic heterocycles. The van der Waals surface area contributed by atoms with Crippen molar-refractivity contribution in [3.05, 3.63) is 0 Å². The van der Waals surface area contributed by atoms with Crippen molar-refractivity contribution in [2.24, 2.45) is 16.6 Å². The Bertz CT molecular complexity index is 309. The van der Waals surface area contributed by atoms with Crippen molar-refractivity contribution in [2.45, 2.75) is 52.0 Å². The van der Waals surface area contributed by atoms with E-state index in [0.717, 1.165) is 19.3 Å². The number of hydrogen-bond acceptors (Lipinski definition) is 3. The minimum Gasteiger partial charge on any atom is -0.381 e. The SMILES string of the molecule is CC1(C)CCCC1NC(=O)C1(CN)CCOCC1. The van der Waals surface area contributed by atoms with Crippen molar-refractivity contribution in [3.8, 4) is 0 Å². The van der Waals surface area contributed by atoms with Gasteiger partial charge < -0.3 is 15.8 Å². The quantitative estimate of drug-likeness (QED) is 0.801. The van der Waals surface area contributed by atoms with Crippen LogP contribution in [0.15, 0.2) is 0 Å². The lowest BCUT2D eigenvalue weighted by Gasteiger charge is -2.37. The van der Waals surface area contributed by atoms with Crippen LogP contribution in [-0.4, -0.2) is 31.7 Å². The van der Waals surface area contributed by atoms with Crippen LogP contribution in [0.25, 0.3) is 0 Å². The molecular weight excluding hydrogens is 228 g/mol. The van der Waals surface area contributed by atoms with Crippen molar-refractivity contribution >= 4 is 5.91 Å². The van der Waals surface area contributed by atoms with Crippen molar-refractivity contribution < 1.29 is 9.53 Å². The molecule has 104 valence electrons. The van der Waals surface area contributed by atoms with Crippen LogP contribution in [0.3, 0.4) is 0 Å². The maximum absolute atomic E-state index is 12.5. The van der Waals surface area contributed by atoms with Gasteiger partial charge in [-0.1, -0.05) is 20.3 Å². The molecule has 2 aliphatic rings. The maximum Gasteiger partial charge on any atom is 0.227 e. The number of nitrogens with two attached hydrogens (primary N) is 1. The molecule has 0 aromatic carbocycles. The van der Waals surface area contributed by atoms with E-state index in [4.69, 9.17) is 10.5 Å². The molecule has 1 atom stereocenters. The first-order chi connectivity index (χ1) is 8.50. The van der Waals surface area contributed by atoms with E-state index in [1.165, 1.54) is 12.8 Å². The second-order valence-corrected chi connectivity index (χ2v) is 6.50. The zero-order valence-electron chi connectivity index (χ0n) is 11.6. The average molecular weight is 254 g/mol. The summed E-state index contributed by atoms with van der Waals surface area (Å²) >= 11 is 0. The molecule has 1 unspecified atom stereocenters. The zero-order chi connectivity index (χ0) is 13.2. The molecule has 4 nitrogen and oxygen atoms in total. The van der Waals surface area contributed by atoms with Crippen molar-refractivity contribution in [3.63, 3.8) is 0 Å². The third kappa shape index (κ3) is 2.54. The third-order valence-electron chi connectivity index (χ3n) is 4.88. The van der Waals surface area contributed by atoms with Gasteiger partial charge in [0.1, 0.15) is 0 Å². The molecule has 0 bridgehead atoms. The zero-order valence-corrected chi connectivity index (χ0v) is 11.6. The Labute approximate surface area is 110 Å². The summed E-state index contributed by atoms with van der Waals surface area (Å²) in [6.07, 6.45) is 4.99. The molecule has 1 amide bonds. The Morgan fingerprint density at radius 3 is 2.50 bits per heavy atom. The molecule has 2 rings (SSSR count). The fourth-order valence-electron chi connectivity index (χ4n) is 3.19. The summed E-state index contributed by atoms with van der Waals surface area (Å²) in [4.78, 5) is 12.5. The predicted octanol–water partition coefficient (Wildman–Crippen LogP) is 1.44. The first-order valence-corrected chi connectivity index (χ1v) is 7.09.